The van der Waals surface area contributed by atoms with E-state index in [9.17, 15) is 5.11 Å². The maximum Gasteiger partial charge on any atom is 0.0854 e. The summed E-state index contributed by atoms with van der Waals surface area (Å²) in [6.07, 6.45) is 4.62. The summed E-state index contributed by atoms with van der Waals surface area (Å²) >= 11 is 0. The molecule has 1 rings (SSSR count). The van der Waals surface area contributed by atoms with Gasteiger partial charge in [0.2, 0.25) is 0 Å². The van der Waals surface area contributed by atoms with E-state index in [4.69, 9.17) is 4.74 Å². The Labute approximate surface area is 94.0 Å². The molecular formula is C13H26O2. The van der Waals surface area contributed by atoms with Crippen LogP contribution in [0.25, 0.3) is 0 Å². The summed E-state index contributed by atoms with van der Waals surface area (Å²) in [5, 5.41) is 10.2. The van der Waals surface area contributed by atoms with Crippen molar-refractivity contribution in [2.45, 2.75) is 71.7 Å². The molecule has 0 bridgehead atoms. The molecule has 0 spiro atoms. The van der Waals surface area contributed by atoms with Gasteiger partial charge >= 0.3 is 0 Å². The number of rotatable bonds is 5. The molecule has 2 nitrogen and oxygen atoms in total. The first kappa shape index (κ1) is 13.0. The van der Waals surface area contributed by atoms with Crippen LogP contribution in [0.1, 0.15) is 53.4 Å². The quantitative estimate of drug-likeness (QED) is 0.762. The Morgan fingerprint density at radius 1 is 1.27 bits per heavy atom. The molecule has 0 saturated carbocycles. The predicted octanol–water partition coefficient (Wildman–Crippen LogP) is 2.99. The smallest absolute Gasteiger partial charge is 0.0854 e. The van der Waals surface area contributed by atoms with Gasteiger partial charge in [-0.2, -0.15) is 0 Å². The van der Waals surface area contributed by atoms with Crippen molar-refractivity contribution in [3.63, 3.8) is 0 Å². The topological polar surface area (TPSA) is 29.5 Å². The van der Waals surface area contributed by atoms with Crippen molar-refractivity contribution in [2.75, 3.05) is 0 Å². The van der Waals surface area contributed by atoms with E-state index in [0.717, 1.165) is 12.8 Å². The van der Waals surface area contributed by atoms with Crippen LogP contribution < -0.4 is 0 Å². The van der Waals surface area contributed by atoms with Crippen LogP contribution in [-0.2, 0) is 4.74 Å². The molecule has 0 aromatic rings. The van der Waals surface area contributed by atoms with E-state index in [1.807, 2.05) is 6.92 Å². The Morgan fingerprint density at radius 2 is 1.93 bits per heavy atom. The SMILES string of the molecule is CCCC(CC)C1C(CC)OC(C)C1O. The van der Waals surface area contributed by atoms with Crippen LogP contribution in [0.4, 0.5) is 0 Å². The summed E-state index contributed by atoms with van der Waals surface area (Å²) < 4.78 is 5.81. The molecule has 0 aromatic heterocycles. The minimum absolute atomic E-state index is 0.0193. The zero-order valence-corrected chi connectivity index (χ0v) is 10.6. The molecule has 5 unspecified atom stereocenters. The fraction of sp³-hybridized carbons (Fsp3) is 1.00. The average molecular weight is 214 g/mol. The van der Waals surface area contributed by atoms with Gasteiger partial charge in [0.05, 0.1) is 18.3 Å². The lowest BCUT2D eigenvalue weighted by Crippen LogP contribution is -2.32. The molecule has 0 radical (unpaired) electrons. The molecule has 1 heterocycles. The number of aliphatic hydroxyl groups is 1. The van der Waals surface area contributed by atoms with Crippen LogP contribution in [0.2, 0.25) is 0 Å². The normalized spacial score (nSPS) is 38.2. The summed E-state index contributed by atoms with van der Waals surface area (Å²) in [6, 6.07) is 0. The summed E-state index contributed by atoms with van der Waals surface area (Å²) in [7, 11) is 0. The third-order valence-corrected chi connectivity index (χ3v) is 3.82. The number of ether oxygens (including phenoxy) is 1. The Balaban J connectivity index is 2.70. The second-order valence-corrected chi connectivity index (χ2v) is 4.81. The second kappa shape index (κ2) is 5.86. The van der Waals surface area contributed by atoms with E-state index in [0.29, 0.717) is 11.8 Å². The van der Waals surface area contributed by atoms with Crippen LogP contribution in [0, 0.1) is 11.8 Å². The van der Waals surface area contributed by atoms with Crippen molar-refractivity contribution in [3.05, 3.63) is 0 Å². The third-order valence-electron chi connectivity index (χ3n) is 3.82. The molecular weight excluding hydrogens is 188 g/mol. The highest BCUT2D eigenvalue weighted by atomic mass is 16.5. The largest absolute Gasteiger partial charge is 0.390 e. The summed E-state index contributed by atoms with van der Waals surface area (Å²) in [4.78, 5) is 0. The fourth-order valence-electron chi connectivity index (χ4n) is 2.97. The van der Waals surface area contributed by atoms with Crippen LogP contribution in [0.3, 0.4) is 0 Å². The minimum atomic E-state index is -0.258. The van der Waals surface area contributed by atoms with Gasteiger partial charge in [-0.25, -0.2) is 0 Å². The van der Waals surface area contributed by atoms with E-state index in [1.165, 1.54) is 12.8 Å². The molecule has 5 atom stereocenters. The molecule has 0 aromatic carbocycles. The van der Waals surface area contributed by atoms with Crippen molar-refractivity contribution >= 4 is 0 Å². The Kier molecular flexibility index (Phi) is 5.07. The lowest BCUT2D eigenvalue weighted by Gasteiger charge is -2.28. The molecule has 0 aliphatic carbocycles. The van der Waals surface area contributed by atoms with Gasteiger partial charge in [0.15, 0.2) is 0 Å². The molecule has 2 heteroatoms. The fourth-order valence-corrected chi connectivity index (χ4v) is 2.97. The van der Waals surface area contributed by atoms with Crippen LogP contribution in [0.5, 0.6) is 0 Å². The van der Waals surface area contributed by atoms with Gasteiger partial charge in [-0.05, 0) is 19.3 Å². The first-order valence-electron chi connectivity index (χ1n) is 6.49. The maximum atomic E-state index is 10.2. The van der Waals surface area contributed by atoms with Gasteiger partial charge in [-0.3, -0.25) is 0 Å². The molecule has 1 N–H and O–H groups in total. The van der Waals surface area contributed by atoms with E-state index in [-0.39, 0.29) is 18.3 Å². The molecule has 1 fully saturated rings. The highest BCUT2D eigenvalue weighted by molar-refractivity contribution is 4.91. The van der Waals surface area contributed by atoms with Gasteiger partial charge in [-0.15, -0.1) is 0 Å². The Morgan fingerprint density at radius 3 is 2.40 bits per heavy atom. The Bertz CT molecular complexity index is 181. The first-order chi connectivity index (χ1) is 7.15. The summed E-state index contributed by atoms with van der Waals surface area (Å²) in [6.45, 7) is 8.59. The van der Waals surface area contributed by atoms with Crippen LogP contribution in [-0.4, -0.2) is 23.4 Å². The van der Waals surface area contributed by atoms with Gasteiger partial charge < -0.3 is 9.84 Å². The van der Waals surface area contributed by atoms with Gasteiger partial charge in [-0.1, -0.05) is 40.0 Å². The predicted molar refractivity (Wildman–Crippen MR) is 62.8 cm³/mol. The van der Waals surface area contributed by atoms with E-state index < -0.39 is 0 Å². The zero-order chi connectivity index (χ0) is 11.4. The standard InChI is InChI=1S/C13H26O2/c1-5-8-10(6-2)12-11(7-3)15-9(4)13(12)14/h9-14H,5-8H2,1-4H3. The molecule has 1 aliphatic rings. The van der Waals surface area contributed by atoms with Crippen molar-refractivity contribution in [1.82, 2.24) is 0 Å². The molecule has 90 valence electrons. The zero-order valence-electron chi connectivity index (χ0n) is 10.6. The van der Waals surface area contributed by atoms with Gasteiger partial charge in [0.25, 0.3) is 0 Å². The maximum absolute atomic E-state index is 10.2. The lowest BCUT2D eigenvalue weighted by molar-refractivity contribution is 0.0202. The number of aliphatic hydroxyl groups excluding tert-OH is 1. The molecule has 0 amide bonds. The molecule has 15 heavy (non-hydrogen) atoms. The van der Waals surface area contributed by atoms with Crippen LogP contribution in [0.15, 0.2) is 0 Å². The van der Waals surface area contributed by atoms with Gasteiger partial charge in [0, 0.05) is 5.92 Å². The van der Waals surface area contributed by atoms with Crippen molar-refractivity contribution in [2.24, 2.45) is 11.8 Å². The highest BCUT2D eigenvalue weighted by Gasteiger charge is 2.43. The van der Waals surface area contributed by atoms with Crippen molar-refractivity contribution in [1.29, 1.82) is 0 Å². The average Bonchev–Trinajstić information content (AvgIpc) is 2.52. The van der Waals surface area contributed by atoms with E-state index >= 15 is 0 Å². The Hall–Kier alpha value is -0.0800. The number of hydrogen-bond donors (Lipinski definition) is 1. The molecule has 1 aliphatic heterocycles. The van der Waals surface area contributed by atoms with E-state index in [2.05, 4.69) is 20.8 Å². The van der Waals surface area contributed by atoms with Crippen LogP contribution >= 0.6 is 0 Å². The summed E-state index contributed by atoms with van der Waals surface area (Å²) in [5.41, 5.74) is 0. The van der Waals surface area contributed by atoms with Crippen molar-refractivity contribution < 1.29 is 9.84 Å². The monoisotopic (exact) mass is 214 g/mol. The first-order valence-corrected chi connectivity index (χ1v) is 6.49. The second-order valence-electron chi connectivity index (χ2n) is 4.81. The summed E-state index contributed by atoms with van der Waals surface area (Å²) in [5.74, 6) is 0.981. The number of hydrogen-bond acceptors (Lipinski definition) is 2. The van der Waals surface area contributed by atoms with E-state index in [1.54, 1.807) is 0 Å². The minimum Gasteiger partial charge on any atom is -0.390 e. The lowest BCUT2D eigenvalue weighted by atomic mass is 9.79. The van der Waals surface area contributed by atoms with Crippen molar-refractivity contribution in [3.8, 4) is 0 Å². The third kappa shape index (κ3) is 2.73. The highest BCUT2D eigenvalue weighted by Crippen LogP contribution is 2.37. The van der Waals surface area contributed by atoms with Gasteiger partial charge in [0.1, 0.15) is 0 Å². The molecule has 1 saturated heterocycles.